The molecule has 3 nitrogen and oxygen atoms in total. The highest BCUT2D eigenvalue weighted by Gasteiger charge is 2.22. The van der Waals surface area contributed by atoms with E-state index in [4.69, 9.17) is 0 Å². The van der Waals surface area contributed by atoms with E-state index in [1.54, 1.807) is 16.2 Å². The lowest BCUT2D eigenvalue weighted by Crippen LogP contribution is -3.15. The molecule has 0 radical (unpaired) electrons. The Kier molecular flexibility index (Phi) is 4.81. The summed E-state index contributed by atoms with van der Waals surface area (Å²) in [7, 11) is 0. The monoisotopic (exact) mass is 351 g/mol. The topological polar surface area (TPSA) is 24.8 Å². The lowest BCUT2D eigenvalue weighted by Gasteiger charge is -2.33. The molecule has 0 spiro atoms. The Bertz CT molecular complexity index is 898. The summed E-state index contributed by atoms with van der Waals surface area (Å²) in [5.41, 5.74) is 2.48. The molecule has 0 bridgehead atoms. The van der Waals surface area contributed by atoms with Gasteiger partial charge in [0.1, 0.15) is 0 Å². The molecule has 1 aliphatic rings. The summed E-state index contributed by atoms with van der Waals surface area (Å²) in [6, 6.07) is 18.6. The molecule has 128 valence electrons. The van der Waals surface area contributed by atoms with E-state index < -0.39 is 0 Å². The maximum absolute atomic E-state index is 12.8. The average molecular weight is 351 g/mol. The summed E-state index contributed by atoms with van der Waals surface area (Å²) < 4.78 is 1.07. The fourth-order valence-corrected chi connectivity index (χ4v) is 4.51. The van der Waals surface area contributed by atoms with Crippen molar-refractivity contribution in [2.24, 2.45) is 0 Å². The van der Waals surface area contributed by atoms with Crippen molar-refractivity contribution in [2.45, 2.75) is 6.42 Å². The number of fused-ring (bicyclic) bond motifs is 1. The molecule has 0 saturated carbocycles. The lowest BCUT2D eigenvalue weighted by atomic mass is 10.1. The molecule has 1 aromatic heterocycles. The van der Waals surface area contributed by atoms with Gasteiger partial charge in [-0.15, -0.1) is 11.3 Å². The number of hydrogen-bond acceptors (Lipinski definition) is 3. The first kappa shape index (κ1) is 16.3. The standard InChI is InChI=1S/C21H22N2OS/c24-21-18-8-4-5-9-20(18)25-16-19(21)23-14-12-22(13-15-23)11-10-17-6-2-1-3-7-17/h1-9,16H,10-15H2/p+1. The van der Waals surface area contributed by atoms with Crippen LogP contribution in [0.1, 0.15) is 5.56 Å². The molecule has 4 rings (SSSR count). The van der Waals surface area contributed by atoms with Crippen molar-refractivity contribution in [3.05, 3.63) is 75.8 Å². The number of nitrogens with zero attached hydrogens (tertiary/aromatic N) is 1. The van der Waals surface area contributed by atoms with Gasteiger partial charge in [0.05, 0.1) is 38.4 Å². The van der Waals surface area contributed by atoms with Gasteiger partial charge in [-0.25, -0.2) is 0 Å². The van der Waals surface area contributed by atoms with Crippen molar-refractivity contribution < 1.29 is 4.90 Å². The second-order valence-electron chi connectivity index (χ2n) is 6.67. The molecular formula is C21H23N2OS+. The van der Waals surface area contributed by atoms with Crippen LogP contribution in [-0.4, -0.2) is 32.7 Å². The minimum atomic E-state index is 0.182. The fraction of sp³-hybridized carbons (Fsp3) is 0.286. The van der Waals surface area contributed by atoms with Gasteiger partial charge in [-0.3, -0.25) is 4.79 Å². The van der Waals surface area contributed by atoms with Crippen LogP contribution in [0.15, 0.2) is 64.8 Å². The smallest absolute Gasteiger partial charge is 0.211 e. The third-order valence-corrected chi connectivity index (χ3v) is 6.03. The van der Waals surface area contributed by atoms with Crippen molar-refractivity contribution in [3.63, 3.8) is 0 Å². The molecule has 1 fully saturated rings. The Morgan fingerprint density at radius 3 is 2.48 bits per heavy atom. The predicted molar refractivity (Wildman–Crippen MR) is 106 cm³/mol. The zero-order valence-electron chi connectivity index (χ0n) is 14.3. The van der Waals surface area contributed by atoms with Gasteiger partial charge < -0.3 is 9.80 Å². The van der Waals surface area contributed by atoms with Gasteiger partial charge >= 0.3 is 0 Å². The molecule has 4 heteroatoms. The van der Waals surface area contributed by atoms with E-state index in [1.807, 2.05) is 29.6 Å². The predicted octanol–water partition coefficient (Wildman–Crippen LogP) is 2.21. The Labute approximate surface area is 152 Å². The zero-order chi connectivity index (χ0) is 17.1. The van der Waals surface area contributed by atoms with Gasteiger partial charge in [-0.2, -0.15) is 0 Å². The first-order valence-electron chi connectivity index (χ1n) is 8.94. The van der Waals surface area contributed by atoms with Crippen LogP contribution in [0.4, 0.5) is 5.69 Å². The van der Waals surface area contributed by atoms with Gasteiger partial charge in [0.25, 0.3) is 0 Å². The van der Waals surface area contributed by atoms with Gasteiger partial charge in [0, 0.05) is 21.9 Å². The van der Waals surface area contributed by atoms with Gasteiger partial charge in [-0.1, -0.05) is 42.5 Å². The number of anilines is 1. The van der Waals surface area contributed by atoms with Crippen LogP contribution in [0, 0.1) is 0 Å². The second kappa shape index (κ2) is 7.38. The van der Waals surface area contributed by atoms with E-state index in [-0.39, 0.29) is 5.43 Å². The fourth-order valence-electron chi connectivity index (χ4n) is 3.57. The van der Waals surface area contributed by atoms with E-state index in [9.17, 15) is 4.79 Å². The van der Waals surface area contributed by atoms with E-state index in [1.165, 1.54) is 12.1 Å². The van der Waals surface area contributed by atoms with E-state index in [0.29, 0.717) is 0 Å². The first-order valence-corrected chi connectivity index (χ1v) is 9.82. The molecule has 1 saturated heterocycles. The molecule has 3 aromatic rings. The quantitative estimate of drug-likeness (QED) is 0.780. The van der Waals surface area contributed by atoms with Crippen molar-refractivity contribution in [1.29, 1.82) is 0 Å². The van der Waals surface area contributed by atoms with Gasteiger partial charge in [0.15, 0.2) is 0 Å². The van der Waals surface area contributed by atoms with Gasteiger partial charge in [-0.05, 0) is 17.7 Å². The highest BCUT2D eigenvalue weighted by atomic mass is 32.1. The van der Waals surface area contributed by atoms with Crippen LogP contribution >= 0.6 is 11.3 Å². The van der Waals surface area contributed by atoms with Crippen LogP contribution in [0.25, 0.3) is 10.1 Å². The van der Waals surface area contributed by atoms with Crippen LogP contribution in [0.5, 0.6) is 0 Å². The molecule has 0 aliphatic carbocycles. The lowest BCUT2D eigenvalue weighted by molar-refractivity contribution is -0.900. The van der Waals surface area contributed by atoms with Crippen molar-refractivity contribution in [1.82, 2.24) is 0 Å². The summed E-state index contributed by atoms with van der Waals surface area (Å²) in [6.45, 7) is 5.30. The number of benzene rings is 2. The molecule has 1 aliphatic heterocycles. The maximum atomic E-state index is 12.8. The van der Waals surface area contributed by atoms with Crippen molar-refractivity contribution in [2.75, 3.05) is 37.6 Å². The molecule has 0 amide bonds. The van der Waals surface area contributed by atoms with Crippen LogP contribution in [-0.2, 0) is 6.42 Å². The molecule has 1 N–H and O–H groups in total. The summed E-state index contributed by atoms with van der Waals surface area (Å²) in [6.07, 6.45) is 1.13. The third kappa shape index (κ3) is 3.60. The number of quaternary nitrogens is 1. The highest BCUT2D eigenvalue weighted by molar-refractivity contribution is 7.16. The van der Waals surface area contributed by atoms with E-state index >= 15 is 0 Å². The highest BCUT2D eigenvalue weighted by Crippen LogP contribution is 2.21. The van der Waals surface area contributed by atoms with Gasteiger partial charge in [0.2, 0.25) is 5.43 Å². The summed E-state index contributed by atoms with van der Waals surface area (Å²) in [5.74, 6) is 0. The normalized spacial score (nSPS) is 15.6. The number of hydrogen-bond donors (Lipinski definition) is 1. The minimum Gasteiger partial charge on any atom is -0.356 e. The zero-order valence-corrected chi connectivity index (χ0v) is 15.1. The Morgan fingerprint density at radius 2 is 1.68 bits per heavy atom. The van der Waals surface area contributed by atoms with Crippen molar-refractivity contribution in [3.8, 4) is 0 Å². The minimum absolute atomic E-state index is 0.182. The maximum Gasteiger partial charge on any atom is 0.211 e. The Morgan fingerprint density at radius 1 is 0.960 bits per heavy atom. The second-order valence-corrected chi connectivity index (χ2v) is 7.58. The number of piperazine rings is 1. The van der Waals surface area contributed by atoms with Crippen LogP contribution in [0.3, 0.4) is 0 Å². The largest absolute Gasteiger partial charge is 0.356 e. The Hall–Kier alpha value is -2.17. The van der Waals surface area contributed by atoms with Crippen LogP contribution in [0.2, 0.25) is 0 Å². The molecule has 2 aromatic carbocycles. The molecular weight excluding hydrogens is 328 g/mol. The molecule has 25 heavy (non-hydrogen) atoms. The van der Waals surface area contributed by atoms with Crippen LogP contribution < -0.4 is 15.2 Å². The molecule has 0 atom stereocenters. The van der Waals surface area contributed by atoms with Crippen molar-refractivity contribution >= 4 is 27.1 Å². The number of nitrogens with one attached hydrogen (secondary N) is 1. The molecule has 0 unspecified atom stereocenters. The summed E-state index contributed by atoms with van der Waals surface area (Å²) in [5, 5.41) is 2.89. The summed E-state index contributed by atoms with van der Waals surface area (Å²) >= 11 is 1.67. The third-order valence-electron chi connectivity index (χ3n) is 5.08. The first-order chi connectivity index (χ1) is 12.3. The van der Waals surface area contributed by atoms with E-state index in [2.05, 4.69) is 35.2 Å². The SMILES string of the molecule is O=c1c(N2CC[NH+](CCc3ccccc3)CC2)csc2ccccc12. The number of rotatable bonds is 4. The molecule has 2 heterocycles. The average Bonchev–Trinajstić information content (AvgIpc) is 2.68. The van der Waals surface area contributed by atoms with E-state index in [0.717, 1.165) is 48.4 Å². The Balaban J connectivity index is 1.40. The summed E-state index contributed by atoms with van der Waals surface area (Å²) in [4.78, 5) is 16.7.